The van der Waals surface area contributed by atoms with E-state index in [2.05, 4.69) is 37.0 Å². The van der Waals surface area contributed by atoms with Gasteiger partial charge in [0.25, 0.3) is 0 Å². The highest BCUT2D eigenvalue weighted by Crippen LogP contribution is 2.36. The minimum Gasteiger partial charge on any atom is -0.353 e. The number of carbonyl (C=O) groups is 1. The summed E-state index contributed by atoms with van der Waals surface area (Å²) in [6.45, 7) is 4.38. The van der Waals surface area contributed by atoms with Crippen molar-refractivity contribution in [2.75, 3.05) is 0 Å². The highest BCUT2D eigenvalue weighted by Gasteiger charge is 2.15. The number of carbonyl (C=O) groups excluding carboxylic acids is 1. The number of halogens is 1. The first kappa shape index (κ1) is 14.4. The van der Waals surface area contributed by atoms with Crippen molar-refractivity contribution >= 4 is 40.1 Å². The summed E-state index contributed by atoms with van der Waals surface area (Å²) in [5.74, 6) is 0.489. The number of aldehydes is 1. The molecule has 0 fully saturated rings. The van der Waals surface area contributed by atoms with E-state index in [1.54, 1.807) is 0 Å². The van der Waals surface area contributed by atoms with Crippen LogP contribution in [0, 0.1) is 0 Å². The molecule has 0 saturated carbocycles. The number of aromatic amines is 1. The Kier molecular flexibility index (Phi) is 3.87. The van der Waals surface area contributed by atoms with E-state index in [4.69, 9.17) is 11.6 Å². The SMILES string of the molecule is CCC(C)c1ccc2[nH]c(-c3ccc(Cl)s3)c(C=O)c2c1. The van der Waals surface area contributed by atoms with Crippen molar-refractivity contribution in [3.63, 3.8) is 0 Å². The minimum absolute atomic E-state index is 0.489. The first-order chi connectivity index (χ1) is 10.1. The molecule has 2 heterocycles. The van der Waals surface area contributed by atoms with Gasteiger partial charge in [-0.1, -0.05) is 31.5 Å². The number of rotatable bonds is 4. The average Bonchev–Trinajstić information content (AvgIpc) is 3.08. The van der Waals surface area contributed by atoms with Gasteiger partial charge < -0.3 is 4.98 Å². The lowest BCUT2D eigenvalue weighted by atomic mass is 9.96. The predicted octanol–water partition coefficient (Wildman–Crippen LogP) is 5.88. The minimum atomic E-state index is 0.489. The summed E-state index contributed by atoms with van der Waals surface area (Å²) in [6.07, 6.45) is 2.02. The van der Waals surface area contributed by atoms with Crippen LogP contribution in [0.15, 0.2) is 30.3 Å². The fraction of sp³-hybridized carbons (Fsp3) is 0.235. The van der Waals surface area contributed by atoms with Gasteiger partial charge in [-0.05, 0) is 42.2 Å². The topological polar surface area (TPSA) is 32.9 Å². The molecule has 0 spiro atoms. The van der Waals surface area contributed by atoms with Gasteiger partial charge in [-0.2, -0.15) is 0 Å². The Labute approximate surface area is 132 Å². The van der Waals surface area contributed by atoms with Gasteiger partial charge in [0.05, 0.1) is 14.9 Å². The third-order valence-electron chi connectivity index (χ3n) is 3.98. The molecule has 0 bridgehead atoms. The van der Waals surface area contributed by atoms with Gasteiger partial charge in [0.1, 0.15) is 0 Å². The van der Waals surface area contributed by atoms with Crippen LogP contribution in [0.1, 0.15) is 42.1 Å². The maximum absolute atomic E-state index is 11.6. The molecule has 3 rings (SSSR count). The molecule has 1 atom stereocenters. The zero-order chi connectivity index (χ0) is 15.0. The molecule has 0 amide bonds. The summed E-state index contributed by atoms with van der Waals surface area (Å²) in [5, 5.41) is 0.988. The smallest absolute Gasteiger partial charge is 0.152 e. The van der Waals surface area contributed by atoms with Crippen molar-refractivity contribution in [1.82, 2.24) is 4.98 Å². The number of aromatic nitrogens is 1. The van der Waals surface area contributed by atoms with Gasteiger partial charge in [-0.25, -0.2) is 0 Å². The van der Waals surface area contributed by atoms with E-state index in [0.29, 0.717) is 11.5 Å². The van der Waals surface area contributed by atoms with Crippen molar-refractivity contribution in [3.8, 4) is 10.6 Å². The average molecular weight is 318 g/mol. The third-order valence-corrected chi connectivity index (χ3v) is 5.23. The van der Waals surface area contributed by atoms with Crippen molar-refractivity contribution in [2.45, 2.75) is 26.2 Å². The number of nitrogens with one attached hydrogen (secondary N) is 1. The normalized spacial score (nSPS) is 12.7. The maximum Gasteiger partial charge on any atom is 0.152 e. The molecule has 0 radical (unpaired) electrons. The molecular weight excluding hydrogens is 302 g/mol. The number of thiophene rings is 1. The van der Waals surface area contributed by atoms with Crippen LogP contribution in [0.25, 0.3) is 21.5 Å². The second-order valence-corrected chi connectivity index (χ2v) is 6.96. The van der Waals surface area contributed by atoms with E-state index < -0.39 is 0 Å². The quantitative estimate of drug-likeness (QED) is 0.599. The summed E-state index contributed by atoms with van der Waals surface area (Å²) >= 11 is 7.48. The van der Waals surface area contributed by atoms with Gasteiger partial charge in [0, 0.05) is 16.5 Å². The summed E-state index contributed by atoms with van der Waals surface area (Å²) in [7, 11) is 0. The third kappa shape index (κ3) is 2.52. The predicted molar refractivity (Wildman–Crippen MR) is 90.7 cm³/mol. The number of benzene rings is 1. The molecule has 2 aromatic heterocycles. The molecular formula is C17H16ClNOS. The lowest BCUT2D eigenvalue weighted by Gasteiger charge is -2.08. The summed E-state index contributed by atoms with van der Waals surface area (Å²) in [4.78, 5) is 15.9. The van der Waals surface area contributed by atoms with Crippen LogP contribution in [0.3, 0.4) is 0 Å². The van der Waals surface area contributed by atoms with Crippen LogP contribution in [0.2, 0.25) is 4.34 Å². The maximum atomic E-state index is 11.6. The van der Waals surface area contributed by atoms with Crippen LogP contribution in [0.5, 0.6) is 0 Å². The molecule has 1 aromatic carbocycles. The molecule has 0 saturated heterocycles. The summed E-state index contributed by atoms with van der Waals surface area (Å²) in [6, 6.07) is 10.1. The van der Waals surface area contributed by atoms with Crippen molar-refractivity contribution < 1.29 is 4.79 Å². The molecule has 0 aliphatic rings. The summed E-state index contributed by atoms with van der Waals surface area (Å²) in [5.41, 5.74) is 3.83. The Balaban J connectivity index is 2.21. The fourth-order valence-corrected chi connectivity index (χ4v) is 3.60. The highest BCUT2D eigenvalue weighted by molar-refractivity contribution is 7.19. The van der Waals surface area contributed by atoms with Crippen molar-refractivity contribution in [1.29, 1.82) is 0 Å². The van der Waals surface area contributed by atoms with Crippen LogP contribution in [0.4, 0.5) is 0 Å². The first-order valence-corrected chi connectivity index (χ1v) is 8.20. The van der Waals surface area contributed by atoms with Crippen molar-refractivity contribution in [2.24, 2.45) is 0 Å². The Morgan fingerprint density at radius 2 is 2.14 bits per heavy atom. The number of hydrogen-bond acceptors (Lipinski definition) is 2. The highest BCUT2D eigenvalue weighted by atomic mass is 35.5. The molecule has 108 valence electrons. The van der Waals surface area contributed by atoms with Crippen LogP contribution >= 0.6 is 22.9 Å². The fourth-order valence-electron chi connectivity index (χ4n) is 2.54. The van der Waals surface area contributed by atoms with Crippen LogP contribution < -0.4 is 0 Å². The molecule has 4 heteroatoms. The lowest BCUT2D eigenvalue weighted by molar-refractivity contribution is 0.112. The van der Waals surface area contributed by atoms with Crippen LogP contribution in [-0.4, -0.2) is 11.3 Å². The lowest BCUT2D eigenvalue weighted by Crippen LogP contribution is -1.90. The van der Waals surface area contributed by atoms with E-state index in [1.807, 2.05) is 12.1 Å². The molecule has 1 N–H and O–H groups in total. The Morgan fingerprint density at radius 1 is 1.33 bits per heavy atom. The van der Waals surface area contributed by atoms with E-state index >= 15 is 0 Å². The van der Waals surface area contributed by atoms with Gasteiger partial charge in [0.2, 0.25) is 0 Å². The van der Waals surface area contributed by atoms with Gasteiger partial charge in [-0.15, -0.1) is 11.3 Å². The molecule has 3 aromatic rings. The Bertz CT molecular complexity index is 802. The number of fused-ring (bicyclic) bond motifs is 1. The van der Waals surface area contributed by atoms with E-state index in [-0.39, 0.29) is 0 Å². The summed E-state index contributed by atoms with van der Waals surface area (Å²) < 4.78 is 0.723. The number of H-pyrrole nitrogens is 1. The van der Waals surface area contributed by atoms with E-state index in [1.165, 1.54) is 16.9 Å². The Morgan fingerprint density at radius 3 is 2.76 bits per heavy atom. The van der Waals surface area contributed by atoms with Gasteiger partial charge >= 0.3 is 0 Å². The zero-order valence-corrected chi connectivity index (χ0v) is 13.5. The second kappa shape index (κ2) is 5.66. The standard InChI is InChI=1S/C17H16ClNOS/c1-3-10(2)11-4-5-14-12(8-11)13(9-20)17(19-14)15-6-7-16(18)21-15/h4-10,19H,3H2,1-2H3. The molecule has 2 nitrogen and oxygen atoms in total. The van der Waals surface area contributed by atoms with Crippen LogP contribution in [-0.2, 0) is 0 Å². The first-order valence-electron chi connectivity index (χ1n) is 7.00. The van der Waals surface area contributed by atoms with Crippen molar-refractivity contribution in [3.05, 3.63) is 45.8 Å². The van der Waals surface area contributed by atoms with Gasteiger partial charge in [-0.3, -0.25) is 4.79 Å². The molecule has 1 unspecified atom stereocenters. The van der Waals surface area contributed by atoms with E-state index in [9.17, 15) is 4.79 Å². The van der Waals surface area contributed by atoms with Gasteiger partial charge in [0.15, 0.2) is 6.29 Å². The molecule has 0 aliphatic heterocycles. The zero-order valence-electron chi connectivity index (χ0n) is 11.9. The molecule has 21 heavy (non-hydrogen) atoms. The molecule has 0 aliphatic carbocycles. The van der Waals surface area contributed by atoms with E-state index in [0.717, 1.165) is 38.5 Å². The number of hydrogen-bond donors (Lipinski definition) is 1. The largest absolute Gasteiger partial charge is 0.353 e. The Hall–Kier alpha value is -1.58. The second-order valence-electron chi connectivity index (χ2n) is 5.25. The monoisotopic (exact) mass is 317 g/mol.